The summed E-state index contributed by atoms with van der Waals surface area (Å²) in [7, 11) is -2.72. The third-order valence-electron chi connectivity index (χ3n) is 3.22. The lowest BCUT2D eigenvalue weighted by Crippen LogP contribution is -2.23. The van der Waals surface area contributed by atoms with Crippen LogP contribution in [0, 0.1) is 11.6 Å². The normalized spacial score (nSPS) is 12.7. The van der Waals surface area contributed by atoms with Gasteiger partial charge in [-0.2, -0.15) is 18.7 Å². The number of benzene rings is 1. The van der Waals surface area contributed by atoms with E-state index >= 15 is 0 Å². The Kier molecular flexibility index (Phi) is 6.31. The Morgan fingerprint density at radius 3 is 2.15 bits per heavy atom. The fourth-order valence-corrected chi connectivity index (χ4v) is 2.81. The Balaban J connectivity index is 2.60. The largest absolute Gasteiger partial charge is 0.481 e. The quantitative estimate of drug-likeness (QED) is 0.537. The SMILES string of the molecule is COc1cc(OC)nc(C(Cl)c2ccc(F)c(F)c2NS(=O)(=O)C(F)F)n1. The minimum Gasteiger partial charge on any atom is -0.481 e. The molecule has 1 aromatic heterocycles. The van der Waals surface area contributed by atoms with Gasteiger partial charge in [-0.25, -0.2) is 17.2 Å². The van der Waals surface area contributed by atoms with E-state index in [0.29, 0.717) is 6.07 Å². The second kappa shape index (κ2) is 8.13. The van der Waals surface area contributed by atoms with Gasteiger partial charge in [-0.05, 0) is 6.07 Å². The molecule has 0 aliphatic rings. The Morgan fingerprint density at radius 2 is 1.67 bits per heavy atom. The Labute approximate surface area is 156 Å². The molecule has 0 fully saturated rings. The molecule has 0 bridgehead atoms. The smallest absolute Gasteiger partial charge is 0.355 e. The van der Waals surface area contributed by atoms with Crippen molar-refractivity contribution >= 4 is 27.3 Å². The number of rotatable bonds is 7. The number of aromatic nitrogens is 2. The monoisotopic (exact) mass is 429 g/mol. The van der Waals surface area contributed by atoms with E-state index in [1.165, 1.54) is 25.0 Å². The van der Waals surface area contributed by atoms with Gasteiger partial charge in [0.05, 0.1) is 26.0 Å². The van der Waals surface area contributed by atoms with Crippen LogP contribution in [0.4, 0.5) is 23.2 Å². The molecule has 1 N–H and O–H groups in total. The van der Waals surface area contributed by atoms with Gasteiger partial charge in [0.1, 0.15) is 5.38 Å². The lowest BCUT2D eigenvalue weighted by Gasteiger charge is -2.17. The molecule has 1 aromatic carbocycles. The summed E-state index contributed by atoms with van der Waals surface area (Å²) in [6.07, 6.45) is 0. The number of hydrogen-bond acceptors (Lipinski definition) is 6. The first-order valence-electron chi connectivity index (χ1n) is 6.99. The summed E-state index contributed by atoms with van der Waals surface area (Å²) in [4.78, 5) is 7.83. The van der Waals surface area contributed by atoms with Gasteiger partial charge in [-0.3, -0.25) is 4.72 Å². The van der Waals surface area contributed by atoms with Gasteiger partial charge < -0.3 is 9.47 Å². The van der Waals surface area contributed by atoms with Crippen molar-refractivity contribution in [2.24, 2.45) is 0 Å². The Hall–Kier alpha value is -2.34. The average Bonchev–Trinajstić information content (AvgIpc) is 2.64. The topological polar surface area (TPSA) is 90.4 Å². The van der Waals surface area contributed by atoms with E-state index in [-0.39, 0.29) is 17.6 Å². The van der Waals surface area contributed by atoms with Crippen molar-refractivity contribution in [2.75, 3.05) is 18.9 Å². The maximum Gasteiger partial charge on any atom is 0.355 e. The summed E-state index contributed by atoms with van der Waals surface area (Å²) in [5, 5.41) is -1.46. The first kappa shape index (κ1) is 21.0. The third kappa shape index (κ3) is 4.50. The van der Waals surface area contributed by atoms with Crippen molar-refractivity contribution in [3.63, 3.8) is 0 Å². The first-order valence-corrected chi connectivity index (χ1v) is 8.97. The summed E-state index contributed by atoms with van der Waals surface area (Å²) in [6.45, 7) is 0. The van der Waals surface area contributed by atoms with E-state index < -0.39 is 44.0 Å². The Bertz CT molecular complexity index is 924. The summed E-state index contributed by atoms with van der Waals surface area (Å²) in [5.74, 6) is -7.26. The van der Waals surface area contributed by atoms with Crippen LogP contribution in [-0.4, -0.2) is 38.4 Å². The van der Waals surface area contributed by atoms with Gasteiger partial charge >= 0.3 is 5.76 Å². The molecule has 27 heavy (non-hydrogen) atoms. The van der Waals surface area contributed by atoms with E-state index in [1.807, 2.05) is 0 Å². The molecule has 2 aromatic rings. The average molecular weight is 430 g/mol. The molecule has 148 valence electrons. The standard InChI is InChI=1S/C14H12ClF4N3O4S/c1-25-8-5-9(26-2)21-13(20-8)10(15)6-3-4-7(16)11(17)12(6)22-27(23,24)14(18)19/h3-5,10,14,22H,1-2H3. The van der Waals surface area contributed by atoms with Crippen LogP contribution in [0.3, 0.4) is 0 Å². The van der Waals surface area contributed by atoms with Crippen LogP contribution in [0.2, 0.25) is 0 Å². The van der Waals surface area contributed by atoms with Gasteiger partial charge in [0, 0.05) is 5.56 Å². The molecule has 0 spiro atoms. The summed E-state index contributed by atoms with van der Waals surface area (Å²) < 4.78 is 86.9. The number of alkyl halides is 3. The van der Waals surface area contributed by atoms with Gasteiger partial charge in [0.25, 0.3) is 10.0 Å². The number of anilines is 1. The number of halogens is 5. The summed E-state index contributed by atoms with van der Waals surface area (Å²) in [6, 6.07) is 2.87. The molecular weight excluding hydrogens is 418 g/mol. The van der Waals surface area contributed by atoms with Crippen molar-refractivity contribution in [1.29, 1.82) is 0 Å². The molecule has 7 nitrogen and oxygen atoms in total. The number of nitrogens with zero attached hydrogens (tertiary/aromatic N) is 2. The minimum atomic E-state index is -5.29. The molecule has 0 saturated carbocycles. The molecule has 0 aliphatic carbocycles. The highest BCUT2D eigenvalue weighted by Crippen LogP contribution is 2.36. The molecule has 1 unspecified atom stereocenters. The van der Waals surface area contributed by atoms with Crippen molar-refractivity contribution in [2.45, 2.75) is 11.1 Å². The van der Waals surface area contributed by atoms with Crippen LogP contribution in [0.5, 0.6) is 11.8 Å². The van der Waals surface area contributed by atoms with Gasteiger partial charge in [-0.15, -0.1) is 11.6 Å². The van der Waals surface area contributed by atoms with Gasteiger partial charge in [-0.1, -0.05) is 6.07 Å². The highest BCUT2D eigenvalue weighted by molar-refractivity contribution is 7.93. The van der Waals surface area contributed by atoms with Crippen LogP contribution in [0.1, 0.15) is 16.8 Å². The molecule has 0 amide bonds. The number of sulfonamides is 1. The zero-order chi connectivity index (χ0) is 20.4. The Morgan fingerprint density at radius 1 is 1.11 bits per heavy atom. The van der Waals surface area contributed by atoms with E-state index in [2.05, 4.69) is 9.97 Å². The molecule has 0 saturated heterocycles. The number of hydrogen-bond donors (Lipinski definition) is 1. The number of ether oxygens (including phenoxy) is 2. The maximum atomic E-state index is 14.1. The zero-order valence-corrected chi connectivity index (χ0v) is 15.3. The zero-order valence-electron chi connectivity index (χ0n) is 13.7. The molecule has 1 atom stereocenters. The van der Waals surface area contributed by atoms with E-state index in [9.17, 15) is 26.0 Å². The van der Waals surface area contributed by atoms with Crippen molar-refractivity contribution in [1.82, 2.24) is 9.97 Å². The molecular formula is C14H12ClF4N3O4S. The highest BCUT2D eigenvalue weighted by Gasteiger charge is 2.30. The van der Waals surface area contributed by atoms with Crippen LogP contribution >= 0.6 is 11.6 Å². The maximum absolute atomic E-state index is 14.1. The summed E-state index contributed by atoms with van der Waals surface area (Å²) >= 11 is 6.18. The number of methoxy groups -OCH3 is 2. The van der Waals surface area contributed by atoms with Crippen LogP contribution < -0.4 is 14.2 Å². The third-order valence-corrected chi connectivity index (χ3v) is 4.61. The fourth-order valence-electron chi connectivity index (χ4n) is 1.95. The van der Waals surface area contributed by atoms with Crippen molar-refractivity contribution < 1.29 is 35.5 Å². The second-order valence-electron chi connectivity index (χ2n) is 4.91. The van der Waals surface area contributed by atoms with E-state index in [0.717, 1.165) is 6.07 Å². The second-order valence-corrected chi connectivity index (χ2v) is 6.99. The van der Waals surface area contributed by atoms with Gasteiger partial charge in [0.2, 0.25) is 11.8 Å². The molecule has 1 heterocycles. The number of nitrogens with one attached hydrogen (secondary N) is 1. The predicted molar refractivity (Wildman–Crippen MR) is 87.7 cm³/mol. The molecule has 0 radical (unpaired) electrons. The lowest BCUT2D eigenvalue weighted by molar-refractivity contribution is 0.236. The van der Waals surface area contributed by atoms with Crippen molar-refractivity contribution in [3.05, 3.63) is 41.2 Å². The predicted octanol–water partition coefficient (Wildman–Crippen LogP) is 3.06. The van der Waals surface area contributed by atoms with Gasteiger partial charge in [0.15, 0.2) is 17.5 Å². The van der Waals surface area contributed by atoms with Crippen LogP contribution in [-0.2, 0) is 10.0 Å². The lowest BCUT2D eigenvalue weighted by atomic mass is 10.1. The first-order chi connectivity index (χ1) is 12.6. The van der Waals surface area contributed by atoms with Crippen molar-refractivity contribution in [3.8, 4) is 11.8 Å². The highest BCUT2D eigenvalue weighted by atomic mass is 35.5. The minimum absolute atomic E-state index is 0.0137. The van der Waals surface area contributed by atoms with Crippen LogP contribution in [0.25, 0.3) is 0 Å². The molecule has 0 aliphatic heterocycles. The summed E-state index contributed by atoms with van der Waals surface area (Å²) in [5.41, 5.74) is -1.48. The van der Waals surface area contributed by atoms with E-state index in [4.69, 9.17) is 21.1 Å². The molecule has 2 rings (SSSR count). The molecule has 13 heteroatoms. The fraction of sp³-hybridized carbons (Fsp3) is 0.286. The van der Waals surface area contributed by atoms with Crippen LogP contribution in [0.15, 0.2) is 18.2 Å². The van der Waals surface area contributed by atoms with E-state index in [1.54, 1.807) is 0 Å².